The first-order valence-electron chi connectivity index (χ1n) is 23.3. The second-order valence-electron chi connectivity index (χ2n) is 15.8. The normalized spacial score (nSPS) is 12.1. The number of nitrogens with zero attached hydrogens (tertiary/aromatic N) is 1. The van der Waals surface area contributed by atoms with Gasteiger partial charge in [-0.2, -0.15) is 0 Å². The summed E-state index contributed by atoms with van der Waals surface area (Å²) in [4.78, 5) is 1.87. The molecule has 0 amide bonds. The van der Waals surface area contributed by atoms with Gasteiger partial charge >= 0.3 is 0 Å². The van der Waals surface area contributed by atoms with Gasteiger partial charge in [-0.25, -0.2) is 0 Å². The Labute approximate surface area is 375 Å². The molecule has 0 aromatic heterocycles. The molecule has 0 N–H and O–H groups in total. The lowest BCUT2D eigenvalue weighted by Crippen LogP contribution is -2.09. The van der Waals surface area contributed by atoms with E-state index in [0.29, 0.717) is 16.9 Å². The van der Waals surface area contributed by atoms with Gasteiger partial charge in [0.05, 0.1) is 5.48 Å². The van der Waals surface area contributed by atoms with Crippen molar-refractivity contribution in [2.75, 3.05) is 4.90 Å². The highest BCUT2D eigenvalue weighted by Crippen LogP contribution is 2.42. The van der Waals surface area contributed by atoms with Crippen LogP contribution in [0, 0.1) is 0 Å². The topological polar surface area (TPSA) is 3.24 Å². The predicted octanol–water partition coefficient (Wildman–Crippen LogP) is 17.5. The predicted molar refractivity (Wildman–Crippen MR) is 269 cm³/mol. The standard InChI is InChI=1S/C62H43N/c1-4-14-44(15-5-1)54-41-55(45-16-6-2-7-17-45)43-56(42-54)48-28-35-58(36-29-48)63(57-33-26-47(27-34-57)53-25-24-46-18-10-11-22-52(46)40-53)59-37-30-51(31-38-59)62-60-23-13-12-21-50(60)32-39-61(62)49-19-8-3-9-20-49/h1-43H/i26D,27D,33D,34D. The zero-order valence-electron chi connectivity index (χ0n) is 38.5. The molecule has 0 aliphatic rings. The summed E-state index contributed by atoms with van der Waals surface area (Å²) in [5.41, 5.74) is 13.4. The number of benzene rings is 11. The third-order valence-electron chi connectivity index (χ3n) is 11.9. The fourth-order valence-corrected chi connectivity index (χ4v) is 8.72. The molecule has 0 heterocycles. The molecule has 0 aliphatic carbocycles. The van der Waals surface area contributed by atoms with E-state index in [2.05, 4.69) is 152 Å². The zero-order valence-corrected chi connectivity index (χ0v) is 34.5. The highest BCUT2D eigenvalue weighted by molar-refractivity contribution is 6.04. The second-order valence-corrected chi connectivity index (χ2v) is 15.8. The summed E-state index contributed by atoms with van der Waals surface area (Å²) in [7, 11) is 0. The van der Waals surface area contributed by atoms with Gasteiger partial charge in [-0.15, -0.1) is 0 Å². The van der Waals surface area contributed by atoms with Crippen molar-refractivity contribution >= 4 is 38.6 Å². The van der Waals surface area contributed by atoms with Crippen LogP contribution in [0.4, 0.5) is 17.1 Å². The third kappa shape index (κ3) is 7.58. The molecule has 1 heteroatoms. The summed E-state index contributed by atoms with van der Waals surface area (Å²) in [5.74, 6) is 0. The van der Waals surface area contributed by atoms with E-state index in [4.69, 9.17) is 0 Å². The molecule has 11 rings (SSSR count). The Morgan fingerprint density at radius 1 is 0.254 bits per heavy atom. The van der Waals surface area contributed by atoms with E-state index in [-0.39, 0.29) is 35.4 Å². The maximum absolute atomic E-state index is 9.66. The molecule has 0 bridgehead atoms. The molecule has 0 fully saturated rings. The maximum Gasteiger partial charge on any atom is 0.0645 e. The average molecular weight is 806 g/mol. The van der Waals surface area contributed by atoms with Crippen molar-refractivity contribution in [3.8, 4) is 66.8 Å². The Kier molecular flexibility index (Phi) is 8.84. The van der Waals surface area contributed by atoms with E-state index >= 15 is 0 Å². The van der Waals surface area contributed by atoms with E-state index in [1.54, 1.807) is 0 Å². The van der Waals surface area contributed by atoms with Crippen molar-refractivity contribution in [1.29, 1.82) is 0 Å². The lowest BCUT2D eigenvalue weighted by molar-refractivity contribution is 1.28. The first-order chi connectivity index (χ1) is 32.9. The third-order valence-corrected chi connectivity index (χ3v) is 11.9. The van der Waals surface area contributed by atoms with Crippen LogP contribution in [-0.2, 0) is 0 Å². The molecule has 0 aliphatic heterocycles. The number of rotatable bonds is 9. The second kappa shape index (κ2) is 16.7. The first kappa shape index (κ1) is 33.5. The van der Waals surface area contributed by atoms with Crippen LogP contribution in [-0.4, -0.2) is 0 Å². The Bertz CT molecular complexity index is 3500. The molecule has 296 valence electrons. The lowest BCUT2D eigenvalue weighted by Gasteiger charge is -2.26. The van der Waals surface area contributed by atoms with Gasteiger partial charge in [-0.05, 0) is 149 Å². The molecule has 63 heavy (non-hydrogen) atoms. The average Bonchev–Trinajstić information content (AvgIpc) is 3.40. The first-order valence-corrected chi connectivity index (χ1v) is 21.3. The highest BCUT2D eigenvalue weighted by atomic mass is 15.1. The van der Waals surface area contributed by atoms with Crippen LogP contribution in [0.15, 0.2) is 261 Å². The Hall–Kier alpha value is -8.26. The maximum atomic E-state index is 9.66. The van der Waals surface area contributed by atoms with Gasteiger partial charge in [0.25, 0.3) is 0 Å². The van der Waals surface area contributed by atoms with E-state index in [9.17, 15) is 5.48 Å². The highest BCUT2D eigenvalue weighted by Gasteiger charge is 2.17. The van der Waals surface area contributed by atoms with Gasteiger partial charge < -0.3 is 4.90 Å². The summed E-state index contributed by atoms with van der Waals surface area (Å²) >= 11 is 0. The molecule has 11 aromatic rings. The van der Waals surface area contributed by atoms with Crippen LogP contribution in [0.5, 0.6) is 0 Å². The Morgan fingerprint density at radius 3 is 1.29 bits per heavy atom. The molecular formula is C62H43N. The SMILES string of the molecule is [2H]c1c([2H])c(N(c2ccc(-c3cc(-c4ccccc4)cc(-c4ccccc4)c3)cc2)c2ccc(-c3c(-c4ccccc4)ccc4ccccc34)cc2)c([2H])c([2H])c1-c1ccc2ccccc2c1. The van der Waals surface area contributed by atoms with E-state index in [0.717, 1.165) is 77.2 Å². The van der Waals surface area contributed by atoms with Crippen LogP contribution < -0.4 is 4.90 Å². The fraction of sp³-hybridized carbons (Fsp3) is 0. The van der Waals surface area contributed by atoms with Gasteiger partial charge in [0.1, 0.15) is 0 Å². The van der Waals surface area contributed by atoms with E-state index in [1.165, 1.54) is 0 Å². The molecule has 0 atom stereocenters. The summed E-state index contributed by atoms with van der Waals surface area (Å²) in [6.45, 7) is 0. The van der Waals surface area contributed by atoms with Crippen molar-refractivity contribution in [1.82, 2.24) is 0 Å². The molecular weight excluding hydrogens is 759 g/mol. The molecule has 0 spiro atoms. The molecule has 0 saturated heterocycles. The molecule has 1 nitrogen and oxygen atoms in total. The van der Waals surface area contributed by atoms with E-state index < -0.39 is 0 Å². The minimum atomic E-state index is -0.124. The monoisotopic (exact) mass is 805 g/mol. The lowest BCUT2D eigenvalue weighted by atomic mass is 9.89. The Balaban J connectivity index is 1.07. The molecule has 11 aromatic carbocycles. The van der Waals surface area contributed by atoms with E-state index in [1.807, 2.05) is 89.8 Å². The largest absolute Gasteiger partial charge is 0.311 e. The zero-order chi connectivity index (χ0) is 45.4. The number of fused-ring (bicyclic) bond motifs is 2. The minimum Gasteiger partial charge on any atom is -0.311 e. The van der Waals surface area contributed by atoms with Crippen molar-refractivity contribution in [3.63, 3.8) is 0 Å². The van der Waals surface area contributed by atoms with Crippen molar-refractivity contribution in [2.24, 2.45) is 0 Å². The van der Waals surface area contributed by atoms with Crippen LogP contribution in [0.2, 0.25) is 0 Å². The number of hydrogen-bond donors (Lipinski definition) is 0. The summed E-state index contributed by atoms with van der Waals surface area (Å²) < 4.78 is 38.3. The van der Waals surface area contributed by atoms with Crippen LogP contribution in [0.3, 0.4) is 0 Å². The quantitative estimate of drug-likeness (QED) is 0.140. The molecule has 0 unspecified atom stereocenters. The fourth-order valence-electron chi connectivity index (χ4n) is 8.72. The van der Waals surface area contributed by atoms with Gasteiger partial charge in [0.15, 0.2) is 0 Å². The minimum absolute atomic E-state index is 0.0982. The van der Waals surface area contributed by atoms with Gasteiger partial charge in [-0.1, -0.05) is 200 Å². The molecule has 0 saturated carbocycles. The van der Waals surface area contributed by atoms with Crippen molar-refractivity contribution in [2.45, 2.75) is 0 Å². The number of hydrogen-bond acceptors (Lipinski definition) is 1. The smallest absolute Gasteiger partial charge is 0.0645 e. The summed E-state index contributed by atoms with van der Waals surface area (Å²) in [6, 6.07) is 80.5. The van der Waals surface area contributed by atoms with Gasteiger partial charge in [-0.3, -0.25) is 0 Å². The van der Waals surface area contributed by atoms with Crippen LogP contribution in [0.25, 0.3) is 88.3 Å². The van der Waals surface area contributed by atoms with Gasteiger partial charge in [0.2, 0.25) is 0 Å². The summed E-state index contributed by atoms with van der Waals surface area (Å²) in [6.07, 6.45) is 0. The van der Waals surface area contributed by atoms with Crippen molar-refractivity contribution in [3.05, 3.63) is 261 Å². The Morgan fingerprint density at radius 2 is 0.698 bits per heavy atom. The van der Waals surface area contributed by atoms with Crippen LogP contribution in [0.1, 0.15) is 5.48 Å². The van der Waals surface area contributed by atoms with Crippen LogP contribution >= 0.6 is 0 Å². The number of anilines is 3. The van der Waals surface area contributed by atoms with Crippen molar-refractivity contribution < 1.29 is 5.48 Å². The van der Waals surface area contributed by atoms with Gasteiger partial charge in [0, 0.05) is 17.1 Å². The molecule has 0 radical (unpaired) electrons. The summed E-state index contributed by atoms with van der Waals surface area (Å²) in [5, 5.41) is 4.29.